The Balaban J connectivity index is 1.53. The van der Waals surface area contributed by atoms with Gasteiger partial charge in [0, 0.05) is 0 Å². The van der Waals surface area contributed by atoms with Crippen molar-refractivity contribution in [1.29, 1.82) is 0 Å². The standard InChI is InChI=1S/C22H21F3N2O4S/c1-31-15-4-2-14-3-6-19(28)17(16(14)12-15)13-26-8-10-27(11-9-26)32(29,30)20-7-5-18(23)21(24)22(20)25/h2-7,12,28H,8-11,13H2,1H3/p+1. The molecule has 0 atom stereocenters. The van der Waals surface area contributed by atoms with Crippen molar-refractivity contribution in [2.45, 2.75) is 11.4 Å². The van der Waals surface area contributed by atoms with E-state index in [2.05, 4.69) is 0 Å². The summed E-state index contributed by atoms with van der Waals surface area (Å²) in [6.07, 6.45) is 0. The molecule has 1 saturated heterocycles. The number of methoxy groups -OCH3 is 1. The van der Waals surface area contributed by atoms with Crippen LogP contribution < -0.4 is 9.64 Å². The molecule has 0 amide bonds. The maximum atomic E-state index is 14.1. The molecule has 0 radical (unpaired) electrons. The number of hydrogen-bond acceptors (Lipinski definition) is 4. The van der Waals surface area contributed by atoms with Crippen LogP contribution in [-0.2, 0) is 16.6 Å². The van der Waals surface area contributed by atoms with Crippen molar-refractivity contribution in [1.82, 2.24) is 4.31 Å². The van der Waals surface area contributed by atoms with Crippen LogP contribution in [0, 0.1) is 17.5 Å². The van der Waals surface area contributed by atoms with Crippen LogP contribution in [0.5, 0.6) is 11.5 Å². The molecule has 0 aliphatic carbocycles. The molecule has 0 aromatic heterocycles. The lowest BCUT2D eigenvalue weighted by molar-refractivity contribution is -0.917. The van der Waals surface area contributed by atoms with Crippen LogP contribution >= 0.6 is 0 Å². The van der Waals surface area contributed by atoms with Gasteiger partial charge in [-0.05, 0) is 41.1 Å². The Kier molecular flexibility index (Phi) is 6.02. The second-order valence-electron chi connectivity index (χ2n) is 7.65. The molecule has 1 heterocycles. The van der Waals surface area contributed by atoms with Gasteiger partial charge in [-0.3, -0.25) is 0 Å². The number of piperazine rings is 1. The molecular formula is C22H22F3N2O4S+. The SMILES string of the molecule is COc1ccc2ccc(O)c(C[NH+]3CCN(S(=O)(=O)c4ccc(F)c(F)c4F)CC3)c2c1. The zero-order chi connectivity index (χ0) is 23.0. The van der Waals surface area contributed by atoms with Gasteiger partial charge in [0.05, 0.1) is 38.9 Å². The maximum absolute atomic E-state index is 14.1. The van der Waals surface area contributed by atoms with E-state index in [0.29, 0.717) is 31.5 Å². The third kappa shape index (κ3) is 4.01. The van der Waals surface area contributed by atoms with E-state index < -0.39 is 32.4 Å². The van der Waals surface area contributed by atoms with E-state index in [1.54, 1.807) is 13.2 Å². The van der Waals surface area contributed by atoms with Gasteiger partial charge >= 0.3 is 0 Å². The van der Waals surface area contributed by atoms with Crippen LogP contribution in [0.3, 0.4) is 0 Å². The van der Waals surface area contributed by atoms with Gasteiger partial charge in [0.15, 0.2) is 17.5 Å². The molecule has 0 spiro atoms. The lowest BCUT2D eigenvalue weighted by Crippen LogP contribution is -3.13. The Hall–Kier alpha value is -2.82. The molecule has 10 heteroatoms. The molecule has 1 aliphatic rings. The number of sulfonamides is 1. The smallest absolute Gasteiger partial charge is 0.246 e. The molecule has 6 nitrogen and oxygen atoms in total. The number of quaternary nitrogens is 1. The molecular weight excluding hydrogens is 445 g/mol. The third-order valence-electron chi connectivity index (χ3n) is 5.79. The van der Waals surface area contributed by atoms with Crippen LogP contribution in [0.25, 0.3) is 10.8 Å². The first-order chi connectivity index (χ1) is 15.2. The van der Waals surface area contributed by atoms with Gasteiger partial charge in [-0.1, -0.05) is 12.1 Å². The fraction of sp³-hybridized carbons (Fsp3) is 0.273. The van der Waals surface area contributed by atoms with Gasteiger partial charge in [0.25, 0.3) is 0 Å². The summed E-state index contributed by atoms with van der Waals surface area (Å²) in [7, 11) is -2.75. The number of fused-ring (bicyclic) bond motifs is 1. The van der Waals surface area contributed by atoms with Crippen molar-refractivity contribution in [2.24, 2.45) is 0 Å². The highest BCUT2D eigenvalue weighted by molar-refractivity contribution is 7.89. The van der Waals surface area contributed by atoms with Gasteiger partial charge in [0.1, 0.15) is 22.9 Å². The quantitative estimate of drug-likeness (QED) is 0.564. The molecule has 4 rings (SSSR count). The van der Waals surface area contributed by atoms with E-state index in [0.717, 1.165) is 31.6 Å². The molecule has 170 valence electrons. The molecule has 3 aromatic carbocycles. The van der Waals surface area contributed by atoms with Gasteiger partial charge in [-0.15, -0.1) is 0 Å². The number of nitrogens with zero attached hydrogens (tertiary/aromatic N) is 1. The summed E-state index contributed by atoms with van der Waals surface area (Å²) in [4.78, 5) is 0.145. The van der Waals surface area contributed by atoms with E-state index in [4.69, 9.17) is 4.74 Å². The molecule has 0 unspecified atom stereocenters. The third-order valence-corrected chi connectivity index (χ3v) is 7.71. The van der Waals surface area contributed by atoms with Gasteiger partial charge in [-0.2, -0.15) is 4.31 Å². The van der Waals surface area contributed by atoms with Crippen LogP contribution in [0.15, 0.2) is 47.4 Å². The number of phenols is 1. The summed E-state index contributed by atoms with van der Waals surface area (Å²) < 4.78 is 72.7. The highest BCUT2D eigenvalue weighted by atomic mass is 32.2. The van der Waals surface area contributed by atoms with Gasteiger partial charge in [0.2, 0.25) is 10.0 Å². The van der Waals surface area contributed by atoms with E-state index in [9.17, 15) is 26.7 Å². The average molecular weight is 467 g/mol. The summed E-state index contributed by atoms with van der Waals surface area (Å²) in [5.74, 6) is -4.17. The molecule has 32 heavy (non-hydrogen) atoms. The minimum atomic E-state index is -4.31. The fourth-order valence-corrected chi connectivity index (χ4v) is 5.48. The fourth-order valence-electron chi connectivity index (χ4n) is 3.98. The summed E-state index contributed by atoms with van der Waals surface area (Å²) in [5, 5.41) is 12.2. The Bertz CT molecular complexity index is 1280. The predicted molar refractivity (Wildman–Crippen MR) is 112 cm³/mol. The van der Waals surface area contributed by atoms with Crippen molar-refractivity contribution < 1.29 is 36.3 Å². The summed E-state index contributed by atoms with van der Waals surface area (Å²) in [5.41, 5.74) is 0.722. The first kappa shape index (κ1) is 22.4. The minimum Gasteiger partial charge on any atom is -0.507 e. The monoisotopic (exact) mass is 467 g/mol. The topological polar surface area (TPSA) is 71.3 Å². The molecule has 1 fully saturated rings. The first-order valence-electron chi connectivity index (χ1n) is 9.98. The first-order valence-corrected chi connectivity index (χ1v) is 11.4. The number of halogens is 3. The second kappa shape index (κ2) is 8.61. The zero-order valence-corrected chi connectivity index (χ0v) is 18.1. The number of ether oxygens (including phenoxy) is 1. The average Bonchev–Trinajstić information content (AvgIpc) is 2.79. The predicted octanol–water partition coefficient (Wildman–Crippen LogP) is 2.06. The molecule has 1 aliphatic heterocycles. The van der Waals surface area contributed by atoms with Crippen LogP contribution in [0.4, 0.5) is 13.2 Å². The summed E-state index contributed by atoms with van der Waals surface area (Å²) >= 11 is 0. The van der Waals surface area contributed by atoms with Crippen LogP contribution in [-0.4, -0.2) is 51.1 Å². The lowest BCUT2D eigenvalue weighted by Gasteiger charge is -2.32. The van der Waals surface area contributed by atoms with Crippen molar-refractivity contribution in [3.05, 3.63) is 65.5 Å². The summed E-state index contributed by atoms with van der Waals surface area (Å²) in [6.45, 7) is 1.38. The van der Waals surface area contributed by atoms with E-state index in [1.165, 1.54) is 0 Å². The summed E-state index contributed by atoms with van der Waals surface area (Å²) in [6, 6.07) is 10.3. The number of hydrogen-bond donors (Lipinski definition) is 2. The van der Waals surface area contributed by atoms with E-state index in [-0.39, 0.29) is 18.8 Å². The van der Waals surface area contributed by atoms with Crippen molar-refractivity contribution in [3.8, 4) is 11.5 Å². The Labute approximate surface area is 183 Å². The minimum absolute atomic E-state index is 0.0744. The number of nitrogens with one attached hydrogen (secondary N) is 1. The number of benzene rings is 3. The molecule has 3 aromatic rings. The van der Waals surface area contributed by atoms with Crippen LogP contribution in [0.1, 0.15) is 5.56 Å². The van der Waals surface area contributed by atoms with Crippen molar-refractivity contribution in [3.63, 3.8) is 0 Å². The largest absolute Gasteiger partial charge is 0.507 e. The molecule has 0 saturated carbocycles. The van der Waals surface area contributed by atoms with Crippen LogP contribution in [0.2, 0.25) is 0 Å². The van der Waals surface area contributed by atoms with Crippen molar-refractivity contribution >= 4 is 20.8 Å². The normalized spacial score (nSPS) is 15.9. The maximum Gasteiger partial charge on any atom is 0.246 e. The number of aromatic hydroxyl groups is 1. The Morgan fingerprint density at radius 3 is 2.41 bits per heavy atom. The number of rotatable bonds is 5. The Morgan fingerprint density at radius 2 is 1.72 bits per heavy atom. The molecule has 0 bridgehead atoms. The van der Waals surface area contributed by atoms with E-state index in [1.807, 2.05) is 24.3 Å². The Morgan fingerprint density at radius 1 is 1.03 bits per heavy atom. The second-order valence-corrected chi connectivity index (χ2v) is 9.56. The molecule has 2 N–H and O–H groups in total. The highest BCUT2D eigenvalue weighted by Crippen LogP contribution is 2.30. The zero-order valence-electron chi connectivity index (χ0n) is 17.2. The number of phenolic OH excluding ortho intramolecular Hbond substituents is 1. The highest BCUT2D eigenvalue weighted by Gasteiger charge is 2.34. The lowest BCUT2D eigenvalue weighted by atomic mass is 10.0. The van der Waals surface area contributed by atoms with E-state index >= 15 is 0 Å². The van der Waals surface area contributed by atoms with Gasteiger partial charge in [-0.25, -0.2) is 21.6 Å². The van der Waals surface area contributed by atoms with Crippen molar-refractivity contribution in [2.75, 3.05) is 33.3 Å². The van der Waals surface area contributed by atoms with Gasteiger partial charge < -0.3 is 14.7 Å².